The van der Waals surface area contributed by atoms with Gasteiger partial charge in [-0.1, -0.05) is 0 Å². The summed E-state index contributed by atoms with van der Waals surface area (Å²) in [6.07, 6.45) is 2.40. The molecule has 2 heterocycles. The molecule has 7 nitrogen and oxygen atoms in total. The van der Waals surface area contributed by atoms with Crippen LogP contribution in [0.2, 0.25) is 0 Å². The molecule has 0 unspecified atom stereocenters. The van der Waals surface area contributed by atoms with Gasteiger partial charge in [0.2, 0.25) is 0 Å². The molecule has 0 atom stereocenters. The van der Waals surface area contributed by atoms with E-state index in [1.54, 1.807) is 26.8 Å². The number of rotatable bonds is 5. The molecule has 1 aliphatic heterocycles. The quantitative estimate of drug-likeness (QED) is 0.594. The fourth-order valence-electron chi connectivity index (χ4n) is 2.52. The highest BCUT2D eigenvalue weighted by Gasteiger charge is 2.52. The number of amides is 1. The van der Waals surface area contributed by atoms with E-state index in [0.29, 0.717) is 17.5 Å². The predicted molar refractivity (Wildman–Crippen MR) is 108 cm³/mol. The van der Waals surface area contributed by atoms with E-state index in [1.165, 1.54) is 6.07 Å². The van der Waals surface area contributed by atoms with Crippen LogP contribution in [0.5, 0.6) is 0 Å². The third kappa shape index (κ3) is 5.87. The van der Waals surface area contributed by atoms with E-state index in [4.69, 9.17) is 14.0 Å². The number of carbonyl (C=O) groups is 2. The Hall–Kier alpha value is -2.26. The first-order chi connectivity index (χ1) is 13.2. The maximum absolute atomic E-state index is 13.6. The highest BCUT2D eigenvalue weighted by molar-refractivity contribution is 6.56. The molecule has 0 saturated carbocycles. The molecule has 1 aromatic heterocycles. The topological polar surface area (TPSA) is 86.8 Å². The highest BCUT2D eigenvalue weighted by atomic mass is 19.1. The first kappa shape index (κ1) is 23.0. The molecule has 1 amide bonds. The van der Waals surface area contributed by atoms with Crippen LogP contribution in [0.4, 0.5) is 9.18 Å². The molecular weight excluding hydrogens is 378 g/mol. The molecule has 1 aromatic rings. The molecule has 0 aromatic carbocycles. The Bertz CT molecular complexity index is 802. The Morgan fingerprint density at radius 3 is 2.38 bits per heavy atom. The minimum absolute atomic E-state index is 0.0568. The third-order valence-corrected chi connectivity index (χ3v) is 4.76. The average molecular weight is 406 g/mol. The second kappa shape index (κ2) is 8.24. The highest BCUT2D eigenvalue weighted by Crippen LogP contribution is 2.38. The van der Waals surface area contributed by atoms with Crippen LogP contribution in [-0.2, 0) is 14.0 Å². The van der Waals surface area contributed by atoms with Crippen molar-refractivity contribution in [3.8, 4) is 0 Å². The Labute approximate surface area is 171 Å². The largest absolute Gasteiger partial charge is 0.492 e. The van der Waals surface area contributed by atoms with Gasteiger partial charge in [0.15, 0.2) is 12.1 Å². The van der Waals surface area contributed by atoms with Gasteiger partial charge in [-0.3, -0.25) is 9.78 Å². The molecule has 0 radical (unpaired) electrons. The summed E-state index contributed by atoms with van der Waals surface area (Å²) in [5, 5.41) is 2.67. The van der Waals surface area contributed by atoms with Crippen molar-refractivity contribution in [2.45, 2.75) is 65.3 Å². The van der Waals surface area contributed by atoms with Crippen molar-refractivity contribution in [1.82, 2.24) is 10.3 Å². The van der Waals surface area contributed by atoms with Crippen LogP contribution in [0.25, 0.3) is 6.08 Å². The lowest BCUT2D eigenvalue weighted by atomic mass is 9.77. The summed E-state index contributed by atoms with van der Waals surface area (Å²) in [6, 6.07) is 1.32. The number of nitrogens with zero attached hydrogens (tertiary/aromatic N) is 1. The summed E-state index contributed by atoms with van der Waals surface area (Å²) in [4.78, 5) is 27.1. The summed E-state index contributed by atoms with van der Waals surface area (Å²) < 4.78 is 31.0. The van der Waals surface area contributed by atoms with Crippen molar-refractivity contribution < 1.29 is 28.0 Å². The molecule has 2 rings (SSSR count). The molecule has 29 heavy (non-hydrogen) atoms. The van der Waals surface area contributed by atoms with Crippen molar-refractivity contribution in [3.05, 3.63) is 34.8 Å². The van der Waals surface area contributed by atoms with Gasteiger partial charge in [0.25, 0.3) is 0 Å². The van der Waals surface area contributed by atoms with Crippen LogP contribution in [0.1, 0.15) is 64.5 Å². The number of aldehydes is 1. The molecule has 1 aliphatic rings. The minimum atomic E-state index is -0.763. The van der Waals surface area contributed by atoms with Crippen molar-refractivity contribution in [3.63, 3.8) is 0 Å². The molecule has 9 heteroatoms. The van der Waals surface area contributed by atoms with Crippen LogP contribution in [0.15, 0.2) is 17.7 Å². The van der Waals surface area contributed by atoms with E-state index in [9.17, 15) is 14.0 Å². The number of ether oxygens (including phenoxy) is 1. The van der Waals surface area contributed by atoms with Gasteiger partial charge in [-0.2, -0.15) is 0 Å². The van der Waals surface area contributed by atoms with E-state index in [2.05, 4.69) is 10.3 Å². The van der Waals surface area contributed by atoms with Gasteiger partial charge < -0.3 is 19.4 Å². The minimum Gasteiger partial charge on any atom is -0.444 e. The zero-order chi connectivity index (χ0) is 22.0. The maximum Gasteiger partial charge on any atom is 0.492 e. The number of halogens is 1. The Kier molecular flexibility index (Phi) is 6.54. The monoisotopic (exact) mass is 406 g/mol. The van der Waals surface area contributed by atoms with Gasteiger partial charge in [0.05, 0.1) is 28.7 Å². The van der Waals surface area contributed by atoms with Crippen molar-refractivity contribution >= 4 is 25.6 Å². The molecule has 158 valence electrons. The smallest absolute Gasteiger partial charge is 0.444 e. The second-order valence-electron chi connectivity index (χ2n) is 8.91. The standard InChI is InChI=1S/C20H28BFN2O5/c1-18(2,3)27-17(26)24-10-14(21-28-19(4,5)20(6,7)29-21)9-15-8-13(12-25)16(22)11-23-15/h8-9,11-12H,10H2,1-7H3,(H,24,26). The fraction of sp³-hybridized carbons (Fsp3) is 0.550. The lowest BCUT2D eigenvalue weighted by Gasteiger charge is -2.32. The van der Waals surface area contributed by atoms with Crippen LogP contribution in [0, 0.1) is 5.82 Å². The lowest BCUT2D eigenvalue weighted by Crippen LogP contribution is -2.41. The molecule has 0 bridgehead atoms. The Morgan fingerprint density at radius 2 is 1.86 bits per heavy atom. The molecule has 0 aliphatic carbocycles. The van der Waals surface area contributed by atoms with E-state index >= 15 is 0 Å². The molecule has 0 spiro atoms. The number of carbonyl (C=O) groups excluding carboxylic acids is 2. The Morgan fingerprint density at radius 1 is 1.28 bits per heavy atom. The average Bonchev–Trinajstić information content (AvgIpc) is 2.79. The number of alkyl carbamates (subject to hydrolysis) is 1. The van der Waals surface area contributed by atoms with Gasteiger partial charge in [-0.05, 0) is 66.1 Å². The van der Waals surface area contributed by atoms with Crippen molar-refractivity contribution in [1.29, 1.82) is 0 Å². The molecule has 1 saturated heterocycles. The zero-order valence-electron chi connectivity index (χ0n) is 18.0. The fourth-order valence-corrected chi connectivity index (χ4v) is 2.52. The number of pyridine rings is 1. The van der Waals surface area contributed by atoms with Gasteiger partial charge in [-0.15, -0.1) is 0 Å². The predicted octanol–water partition coefficient (Wildman–Crippen LogP) is 3.57. The summed E-state index contributed by atoms with van der Waals surface area (Å²) in [5.41, 5.74) is -1.05. The summed E-state index contributed by atoms with van der Waals surface area (Å²) >= 11 is 0. The molecule has 1 N–H and O–H groups in total. The van der Waals surface area contributed by atoms with Crippen LogP contribution < -0.4 is 5.32 Å². The first-order valence-electron chi connectivity index (χ1n) is 9.38. The lowest BCUT2D eigenvalue weighted by molar-refractivity contribution is 0.00578. The SMILES string of the molecule is CC(C)(C)OC(=O)NCC(=Cc1cc(C=O)c(F)cn1)B1OC(C)(C)C(C)(C)O1. The first-order valence-corrected chi connectivity index (χ1v) is 9.38. The van der Waals surface area contributed by atoms with Gasteiger partial charge in [-0.25, -0.2) is 9.18 Å². The summed E-state index contributed by atoms with van der Waals surface area (Å²) in [7, 11) is -0.763. The van der Waals surface area contributed by atoms with E-state index < -0.39 is 35.8 Å². The van der Waals surface area contributed by atoms with Gasteiger partial charge >= 0.3 is 13.2 Å². The van der Waals surface area contributed by atoms with E-state index in [0.717, 1.165) is 6.20 Å². The summed E-state index contributed by atoms with van der Waals surface area (Å²) in [6.45, 7) is 13.0. The van der Waals surface area contributed by atoms with Gasteiger partial charge in [0, 0.05) is 6.54 Å². The van der Waals surface area contributed by atoms with E-state index in [1.807, 2.05) is 27.7 Å². The van der Waals surface area contributed by atoms with Crippen LogP contribution >= 0.6 is 0 Å². The van der Waals surface area contributed by atoms with E-state index in [-0.39, 0.29) is 12.1 Å². The number of hydrogen-bond donors (Lipinski definition) is 1. The number of nitrogens with one attached hydrogen (secondary N) is 1. The van der Waals surface area contributed by atoms with Crippen LogP contribution in [0.3, 0.4) is 0 Å². The molecule has 1 fully saturated rings. The second-order valence-corrected chi connectivity index (χ2v) is 8.91. The Balaban J connectivity index is 2.31. The van der Waals surface area contributed by atoms with Crippen molar-refractivity contribution in [2.75, 3.05) is 6.54 Å². The van der Waals surface area contributed by atoms with Crippen molar-refractivity contribution in [2.24, 2.45) is 0 Å². The maximum atomic E-state index is 13.6. The number of hydrogen-bond acceptors (Lipinski definition) is 6. The van der Waals surface area contributed by atoms with Gasteiger partial charge in [0.1, 0.15) is 5.60 Å². The number of aromatic nitrogens is 1. The molecular formula is C20H28BFN2O5. The third-order valence-electron chi connectivity index (χ3n) is 4.76. The van der Waals surface area contributed by atoms with Crippen LogP contribution in [-0.4, -0.2) is 47.8 Å². The summed E-state index contributed by atoms with van der Waals surface area (Å²) in [5.74, 6) is -0.707. The zero-order valence-corrected chi connectivity index (χ0v) is 18.0. The normalized spacial score (nSPS) is 18.5.